The lowest BCUT2D eigenvalue weighted by molar-refractivity contribution is 0.101. The van der Waals surface area contributed by atoms with Crippen molar-refractivity contribution in [2.75, 3.05) is 0 Å². The molecule has 0 atom stereocenters. The zero-order chi connectivity index (χ0) is 15.3. The Hall–Kier alpha value is -0.890. The number of oxime groups is 1. The number of halogens is 2. The Labute approximate surface area is 144 Å². The van der Waals surface area contributed by atoms with E-state index in [0.717, 1.165) is 0 Å². The predicted molar refractivity (Wildman–Crippen MR) is 91.6 cm³/mol. The monoisotopic (exact) mass is 498 g/mol. The molecule has 1 rings (SSSR count). The molecule has 0 N–H and O–H groups in total. The van der Waals surface area contributed by atoms with E-state index in [4.69, 9.17) is 14.8 Å². The first-order valence-corrected chi connectivity index (χ1v) is 7.83. The van der Waals surface area contributed by atoms with Gasteiger partial charge >= 0.3 is 6.16 Å². The molecule has 0 saturated heterocycles. The Bertz CT molecular complexity index is 569. The van der Waals surface area contributed by atoms with E-state index in [1.54, 1.807) is 19.1 Å². The molecule has 0 saturated carbocycles. The quantitative estimate of drug-likeness (QED) is 0.156. The van der Waals surface area contributed by atoms with Gasteiger partial charge in [-0.1, -0.05) is 19.0 Å². The van der Waals surface area contributed by atoms with Crippen LogP contribution >= 0.6 is 45.2 Å². The van der Waals surface area contributed by atoms with Gasteiger partial charge in [-0.2, -0.15) is 5.26 Å². The lowest BCUT2D eigenvalue weighted by Crippen LogP contribution is -2.12. The Morgan fingerprint density at radius 3 is 2.35 bits per heavy atom. The molecule has 0 radical (unpaired) electrons. The SMILES string of the molecule is CC(=NOC(=O)Oc1c(I)cc(C#N)cc1I)C(C)C. The number of carbonyl (C=O) groups is 1. The molecule has 0 heterocycles. The first-order valence-electron chi connectivity index (χ1n) is 5.67. The van der Waals surface area contributed by atoms with Crippen molar-refractivity contribution in [3.8, 4) is 11.8 Å². The van der Waals surface area contributed by atoms with Crippen LogP contribution in [0.3, 0.4) is 0 Å². The Balaban J connectivity index is 2.82. The molecule has 0 amide bonds. The summed E-state index contributed by atoms with van der Waals surface area (Å²) in [6.45, 7) is 5.66. The van der Waals surface area contributed by atoms with Gasteiger partial charge in [0, 0.05) is 0 Å². The van der Waals surface area contributed by atoms with Gasteiger partial charge in [0.05, 0.1) is 24.5 Å². The van der Waals surface area contributed by atoms with E-state index >= 15 is 0 Å². The lowest BCUT2D eigenvalue weighted by Gasteiger charge is -2.08. The minimum atomic E-state index is -0.898. The van der Waals surface area contributed by atoms with Crippen LogP contribution in [-0.4, -0.2) is 11.9 Å². The zero-order valence-electron chi connectivity index (χ0n) is 11.1. The van der Waals surface area contributed by atoms with Crippen LogP contribution in [-0.2, 0) is 4.84 Å². The van der Waals surface area contributed by atoms with Crippen molar-refractivity contribution in [3.63, 3.8) is 0 Å². The van der Waals surface area contributed by atoms with Crippen LogP contribution in [0.4, 0.5) is 4.79 Å². The second-order valence-corrected chi connectivity index (χ2v) is 6.54. The highest BCUT2D eigenvalue weighted by molar-refractivity contribution is 14.1. The van der Waals surface area contributed by atoms with Crippen LogP contribution in [0.2, 0.25) is 0 Å². The predicted octanol–water partition coefficient (Wildman–Crippen LogP) is 4.31. The summed E-state index contributed by atoms with van der Waals surface area (Å²) in [7, 11) is 0. The van der Waals surface area contributed by atoms with Gasteiger partial charge < -0.3 is 4.74 Å². The summed E-state index contributed by atoms with van der Waals surface area (Å²) in [5, 5.41) is 12.5. The van der Waals surface area contributed by atoms with E-state index in [9.17, 15) is 4.79 Å². The number of ether oxygens (including phenoxy) is 1. The minimum absolute atomic E-state index is 0.193. The van der Waals surface area contributed by atoms with Gasteiger partial charge in [0.2, 0.25) is 0 Å². The van der Waals surface area contributed by atoms with E-state index in [0.29, 0.717) is 24.2 Å². The van der Waals surface area contributed by atoms with Gasteiger partial charge in [0.1, 0.15) is 0 Å². The molecule has 1 aromatic carbocycles. The molecular weight excluding hydrogens is 486 g/mol. The van der Waals surface area contributed by atoms with Gasteiger partial charge in [0.25, 0.3) is 0 Å². The highest BCUT2D eigenvalue weighted by Gasteiger charge is 2.15. The standard InChI is InChI=1S/C13H12I2N2O3/c1-7(2)8(3)17-20-13(18)19-12-10(14)4-9(6-16)5-11(12)15/h4-5,7H,1-3H3. The number of carbonyl (C=O) groups excluding carboxylic acids is 1. The number of hydrogen-bond acceptors (Lipinski definition) is 5. The summed E-state index contributed by atoms with van der Waals surface area (Å²) in [5.74, 6) is 0.561. The molecule has 7 heteroatoms. The third kappa shape index (κ3) is 4.90. The van der Waals surface area contributed by atoms with Crippen molar-refractivity contribution in [2.45, 2.75) is 20.8 Å². The third-order valence-corrected chi connectivity index (χ3v) is 4.02. The van der Waals surface area contributed by atoms with Crippen molar-refractivity contribution in [1.82, 2.24) is 0 Å². The molecule has 0 unspecified atom stereocenters. The normalized spacial score (nSPS) is 11.2. The van der Waals surface area contributed by atoms with Crippen molar-refractivity contribution in [2.24, 2.45) is 11.1 Å². The fourth-order valence-electron chi connectivity index (χ4n) is 1.04. The van der Waals surface area contributed by atoms with E-state index in [2.05, 4.69) is 5.16 Å². The molecule has 0 bridgehead atoms. The van der Waals surface area contributed by atoms with Crippen LogP contribution in [0.1, 0.15) is 26.3 Å². The molecule has 106 valence electrons. The van der Waals surface area contributed by atoms with Gasteiger partial charge in [-0.15, -0.1) is 0 Å². The van der Waals surface area contributed by atoms with Gasteiger partial charge in [-0.25, -0.2) is 4.79 Å². The van der Waals surface area contributed by atoms with Crippen LogP contribution in [0.15, 0.2) is 17.3 Å². The molecule has 0 fully saturated rings. The molecule has 20 heavy (non-hydrogen) atoms. The second-order valence-electron chi connectivity index (χ2n) is 4.21. The number of benzene rings is 1. The second kappa shape index (κ2) is 7.78. The number of rotatable bonds is 3. The van der Waals surface area contributed by atoms with Crippen molar-refractivity contribution in [3.05, 3.63) is 24.8 Å². The summed E-state index contributed by atoms with van der Waals surface area (Å²) < 4.78 is 6.43. The summed E-state index contributed by atoms with van der Waals surface area (Å²) in [4.78, 5) is 16.3. The largest absolute Gasteiger partial charge is 0.540 e. The smallest absolute Gasteiger partial charge is 0.391 e. The maximum Gasteiger partial charge on any atom is 0.540 e. The summed E-state index contributed by atoms with van der Waals surface area (Å²) in [5.41, 5.74) is 1.21. The third-order valence-electron chi connectivity index (χ3n) is 2.41. The molecule has 0 aliphatic carbocycles. The average molecular weight is 498 g/mol. The Morgan fingerprint density at radius 2 is 1.90 bits per heavy atom. The highest BCUT2D eigenvalue weighted by Crippen LogP contribution is 2.29. The first-order chi connectivity index (χ1) is 9.35. The van der Waals surface area contributed by atoms with Crippen molar-refractivity contribution >= 4 is 57.0 Å². The van der Waals surface area contributed by atoms with Crippen LogP contribution < -0.4 is 4.74 Å². The molecule has 0 spiro atoms. The van der Waals surface area contributed by atoms with Crippen molar-refractivity contribution in [1.29, 1.82) is 5.26 Å². The summed E-state index contributed by atoms with van der Waals surface area (Å²) in [6, 6.07) is 5.30. The minimum Gasteiger partial charge on any atom is -0.391 e. The Kier molecular flexibility index (Phi) is 6.67. The summed E-state index contributed by atoms with van der Waals surface area (Å²) >= 11 is 3.99. The maximum atomic E-state index is 11.6. The summed E-state index contributed by atoms with van der Waals surface area (Å²) in [6.07, 6.45) is -0.898. The fraction of sp³-hybridized carbons (Fsp3) is 0.308. The maximum absolute atomic E-state index is 11.6. The van der Waals surface area contributed by atoms with Gasteiger partial charge in [-0.05, 0) is 70.2 Å². The van der Waals surface area contributed by atoms with Gasteiger partial charge in [0.15, 0.2) is 5.75 Å². The average Bonchev–Trinajstić information content (AvgIpc) is 2.39. The van der Waals surface area contributed by atoms with Crippen LogP contribution in [0, 0.1) is 24.4 Å². The highest BCUT2D eigenvalue weighted by atomic mass is 127. The fourth-order valence-corrected chi connectivity index (χ4v) is 3.03. The van der Waals surface area contributed by atoms with E-state index in [1.165, 1.54) is 0 Å². The van der Waals surface area contributed by atoms with Crippen LogP contribution in [0.5, 0.6) is 5.75 Å². The topological polar surface area (TPSA) is 71.7 Å². The Morgan fingerprint density at radius 1 is 1.35 bits per heavy atom. The molecule has 0 aromatic heterocycles. The van der Waals surface area contributed by atoms with Gasteiger partial charge in [-0.3, -0.25) is 4.84 Å². The number of nitriles is 1. The molecule has 5 nitrogen and oxygen atoms in total. The number of nitrogens with zero attached hydrogens (tertiary/aromatic N) is 2. The zero-order valence-corrected chi connectivity index (χ0v) is 15.4. The van der Waals surface area contributed by atoms with E-state index < -0.39 is 6.16 Å². The molecule has 1 aromatic rings. The molecular formula is C13H12I2N2O3. The molecule has 0 aliphatic heterocycles. The molecule has 0 aliphatic rings. The number of hydrogen-bond donors (Lipinski definition) is 0. The van der Waals surface area contributed by atoms with E-state index in [1.807, 2.05) is 65.1 Å². The van der Waals surface area contributed by atoms with Crippen molar-refractivity contribution < 1.29 is 14.4 Å². The van der Waals surface area contributed by atoms with E-state index in [-0.39, 0.29) is 5.92 Å². The lowest BCUT2D eigenvalue weighted by atomic mass is 10.1. The first kappa shape index (κ1) is 17.2. The van der Waals surface area contributed by atoms with Crippen LogP contribution in [0.25, 0.3) is 0 Å².